The quantitative estimate of drug-likeness (QED) is 0.573. The zero-order valence-corrected chi connectivity index (χ0v) is 18.4. The predicted molar refractivity (Wildman–Crippen MR) is 122 cm³/mol. The van der Waals surface area contributed by atoms with Gasteiger partial charge in [-0.3, -0.25) is 9.97 Å². The zero-order chi connectivity index (χ0) is 21.7. The standard InChI is InChI=1S/C23H27N5O2S/c1-18-15-20(27-23-17-24-11-12-25-23)16-21(26-18)22-10-5-13-28(22)31(29,30)14-6-9-19-7-3-2-4-8-19/h2-4,7-8,11-12,15-17,22H,5-6,9-10,13-14H2,1H3,(H,25,26,27). The van der Waals surface area contributed by atoms with Crippen LogP contribution in [0.4, 0.5) is 11.5 Å². The van der Waals surface area contributed by atoms with Gasteiger partial charge in [-0.1, -0.05) is 30.3 Å². The van der Waals surface area contributed by atoms with E-state index in [9.17, 15) is 8.42 Å². The first kappa shape index (κ1) is 21.4. The van der Waals surface area contributed by atoms with Crippen molar-refractivity contribution in [3.05, 3.63) is 78.0 Å². The summed E-state index contributed by atoms with van der Waals surface area (Å²) in [5, 5.41) is 3.23. The molecule has 162 valence electrons. The summed E-state index contributed by atoms with van der Waals surface area (Å²) in [6.07, 6.45) is 7.87. The lowest BCUT2D eigenvalue weighted by atomic mass is 10.1. The number of rotatable bonds is 8. The van der Waals surface area contributed by atoms with Crippen molar-refractivity contribution in [1.29, 1.82) is 0 Å². The Labute approximate surface area is 183 Å². The van der Waals surface area contributed by atoms with Gasteiger partial charge in [0.15, 0.2) is 0 Å². The van der Waals surface area contributed by atoms with Crippen molar-refractivity contribution in [2.24, 2.45) is 0 Å². The molecular weight excluding hydrogens is 410 g/mol. The van der Waals surface area contributed by atoms with Gasteiger partial charge in [-0.05, 0) is 50.3 Å². The number of hydrogen-bond donors (Lipinski definition) is 1. The molecule has 0 spiro atoms. The van der Waals surface area contributed by atoms with Crippen LogP contribution in [0.15, 0.2) is 61.1 Å². The van der Waals surface area contributed by atoms with Gasteiger partial charge in [-0.15, -0.1) is 0 Å². The fraction of sp³-hybridized carbons (Fsp3) is 0.348. The van der Waals surface area contributed by atoms with E-state index >= 15 is 0 Å². The van der Waals surface area contributed by atoms with Crippen molar-refractivity contribution in [1.82, 2.24) is 19.3 Å². The number of nitrogens with one attached hydrogen (secondary N) is 1. The normalized spacial score (nSPS) is 17.0. The SMILES string of the molecule is Cc1cc(Nc2cnccn2)cc(C2CCCN2S(=O)(=O)CCCc2ccccc2)n1. The largest absolute Gasteiger partial charge is 0.339 e. The Morgan fingerprint density at radius 1 is 1.16 bits per heavy atom. The molecule has 7 nitrogen and oxygen atoms in total. The monoisotopic (exact) mass is 437 g/mol. The molecule has 1 aromatic carbocycles. The van der Waals surface area contributed by atoms with Gasteiger partial charge < -0.3 is 5.32 Å². The summed E-state index contributed by atoms with van der Waals surface area (Å²) in [6.45, 7) is 2.46. The number of aromatic nitrogens is 3. The molecule has 1 fully saturated rings. The highest BCUT2D eigenvalue weighted by molar-refractivity contribution is 7.89. The first-order valence-electron chi connectivity index (χ1n) is 10.6. The van der Waals surface area contributed by atoms with Gasteiger partial charge in [-0.25, -0.2) is 13.4 Å². The Morgan fingerprint density at radius 3 is 2.77 bits per heavy atom. The molecule has 31 heavy (non-hydrogen) atoms. The predicted octanol–water partition coefficient (Wildman–Crippen LogP) is 4.02. The van der Waals surface area contributed by atoms with Crippen LogP contribution in [0.5, 0.6) is 0 Å². The van der Waals surface area contributed by atoms with Crippen LogP contribution in [0.25, 0.3) is 0 Å². The smallest absolute Gasteiger partial charge is 0.214 e. The molecule has 0 amide bonds. The molecule has 0 saturated carbocycles. The Kier molecular flexibility index (Phi) is 6.58. The highest BCUT2D eigenvalue weighted by Crippen LogP contribution is 2.35. The molecule has 1 saturated heterocycles. The van der Waals surface area contributed by atoms with Gasteiger partial charge in [0.05, 0.1) is 23.7 Å². The molecule has 3 heterocycles. The molecule has 0 bridgehead atoms. The average molecular weight is 438 g/mol. The molecule has 0 aliphatic carbocycles. The molecule has 1 atom stereocenters. The Balaban J connectivity index is 1.48. The maximum atomic E-state index is 13.1. The van der Waals surface area contributed by atoms with E-state index in [1.54, 1.807) is 22.9 Å². The lowest BCUT2D eigenvalue weighted by Crippen LogP contribution is -2.33. The number of pyridine rings is 1. The van der Waals surface area contributed by atoms with Gasteiger partial charge in [0.2, 0.25) is 10.0 Å². The molecule has 0 radical (unpaired) electrons. The third kappa shape index (κ3) is 5.45. The highest BCUT2D eigenvalue weighted by atomic mass is 32.2. The summed E-state index contributed by atoms with van der Waals surface area (Å²) < 4.78 is 27.9. The fourth-order valence-electron chi connectivity index (χ4n) is 4.04. The van der Waals surface area contributed by atoms with Crippen molar-refractivity contribution in [3.8, 4) is 0 Å². The van der Waals surface area contributed by atoms with Gasteiger partial charge in [0.25, 0.3) is 0 Å². The summed E-state index contributed by atoms with van der Waals surface area (Å²) in [6, 6.07) is 13.6. The lowest BCUT2D eigenvalue weighted by molar-refractivity contribution is 0.389. The Morgan fingerprint density at radius 2 is 2.00 bits per heavy atom. The van der Waals surface area contributed by atoms with Crippen molar-refractivity contribution >= 4 is 21.5 Å². The molecule has 1 aliphatic heterocycles. The van der Waals surface area contributed by atoms with E-state index in [2.05, 4.69) is 20.3 Å². The number of hydrogen-bond acceptors (Lipinski definition) is 6. The fourth-order valence-corrected chi connectivity index (χ4v) is 5.79. The molecule has 1 aliphatic rings. The summed E-state index contributed by atoms with van der Waals surface area (Å²) >= 11 is 0. The third-order valence-corrected chi connectivity index (χ3v) is 7.38. The van der Waals surface area contributed by atoms with Crippen LogP contribution in [-0.4, -0.2) is 40.0 Å². The van der Waals surface area contributed by atoms with E-state index < -0.39 is 10.0 Å². The van der Waals surface area contributed by atoms with Gasteiger partial charge in [0.1, 0.15) is 5.82 Å². The molecular formula is C23H27N5O2S. The third-order valence-electron chi connectivity index (χ3n) is 5.42. The summed E-state index contributed by atoms with van der Waals surface area (Å²) in [7, 11) is -3.36. The second kappa shape index (κ2) is 9.53. The number of aryl methyl sites for hydroxylation is 2. The number of benzene rings is 1. The second-order valence-electron chi connectivity index (χ2n) is 7.81. The average Bonchev–Trinajstić information content (AvgIpc) is 3.26. The van der Waals surface area contributed by atoms with Crippen molar-refractivity contribution in [2.75, 3.05) is 17.6 Å². The van der Waals surface area contributed by atoms with Crippen LogP contribution in [-0.2, 0) is 16.4 Å². The van der Waals surface area contributed by atoms with Gasteiger partial charge in [-0.2, -0.15) is 4.31 Å². The highest BCUT2D eigenvalue weighted by Gasteiger charge is 2.35. The van der Waals surface area contributed by atoms with E-state index in [-0.39, 0.29) is 11.8 Å². The second-order valence-corrected chi connectivity index (χ2v) is 9.85. The molecule has 4 rings (SSSR count). The lowest BCUT2D eigenvalue weighted by Gasteiger charge is -2.24. The van der Waals surface area contributed by atoms with Crippen molar-refractivity contribution in [2.45, 2.75) is 38.6 Å². The van der Waals surface area contributed by atoms with Gasteiger partial charge >= 0.3 is 0 Å². The van der Waals surface area contributed by atoms with Gasteiger partial charge in [0, 0.05) is 30.3 Å². The van der Waals surface area contributed by atoms with Crippen molar-refractivity contribution < 1.29 is 8.42 Å². The van der Waals surface area contributed by atoms with Crippen LogP contribution >= 0.6 is 0 Å². The maximum Gasteiger partial charge on any atom is 0.214 e. The van der Waals surface area contributed by atoms with Crippen LogP contribution in [0.3, 0.4) is 0 Å². The van der Waals surface area contributed by atoms with Crippen molar-refractivity contribution in [3.63, 3.8) is 0 Å². The van der Waals surface area contributed by atoms with Crippen LogP contribution in [0, 0.1) is 6.92 Å². The maximum absolute atomic E-state index is 13.1. The molecule has 1 unspecified atom stereocenters. The first-order chi connectivity index (χ1) is 15.0. The molecule has 8 heteroatoms. The minimum Gasteiger partial charge on any atom is -0.339 e. The minimum atomic E-state index is -3.36. The molecule has 2 aromatic heterocycles. The van der Waals surface area contributed by atoms with E-state index in [1.165, 1.54) is 0 Å². The van der Waals surface area contributed by atoms with E-state index in [1.807, 2.05) is 49.4 Å². The number of sulfonamides is 1. The minimum absolute atomic E-state index is 0.148. The van der Waals surface area contributed by atoms with Crippen LogP contribution in [0.2, 0.25) is 0 Å². The first-order valence-corrected chi connectivity index (χ1v) is 12.2. The van der Waals surface area contributed by atoms with E-state index in [0.29, 0.717) is 18.8 Å². The zero-order valence-electron chi connectivity index (χ0n) is 17.6. The van der Waals surface area contributed by atoms with E-state index in [0.717, 1.165) is 41.9 Å². The molecule has 3 aromatic rings. The topological polar surface area (TPSA) is 88.1 Å². The van der Waals surface area contributed by atoms with Crippen LogP contribution in [0.1, 0.15) is 42.3 Å². The Bertz CT molecular complexity index is 1110. The summed E-state index contributed by atoms with van der Waals surface area (Å²) in [5.74, 6) is 0.783. The number of nitrogens with zero attached hydrogens (tertiary/aromatic N) is 4. The van der Waals surface area contributed by atoms with E-state index in [4.69, 9.17) is 0 Å². The number of anilines is 2. The summed E-state index contributed by atoms with van der Waals surface area (Å²) in [4.78, 5) is 13.0. The summed E-state index contributed by atoms with van der Waals surface area (Å²) in [5.41, 5.74) is 3.60. The Hall–Kier alpha value is -2.84. The molecule has 1 N–H and O–H groups in total. The van der Waals surface area contributed by atoms with Crippen LogP contribution < -0.4 is 5.32 Å².